The van der Waals surface area contributed by atoms with Gasteiger partial charge in [0, 0.05) is 19.1 Å². The van der Waals surface area contributed by atoms with Gasteiger partial charge in [0.25, 0.3) is 0 Å². The van der Waals surface area contributed by atoms with Gasteiger partial charge in [-0.05, 0) is 23.8 Å². The first-order valence-electron chi connectivity index (χ1n) is 7.65. The zero-order valence-corrected chi connectivity index (χ0v) is 13.3. The lowest BCUT2D eigenvalue weighted by Gasteiger charge is -2.36. The molecule has 3 atom stereocenters. The van der Waals surface area contributed by atoms with Gasteiger partial charge in [0.2, 0.25) is 0 Å². The van der Waals surface area contributed by atoms with E-state index in [9.17, 15) is 0 Å². The summed E-state index contributed by atoms with van der Waals surface area (Å²) < 4.78 is 0. The minimum atomic E-state index is 0.531. The maximum absolute atomic E-state index is 3.95. The fourth-order valence-corrected chi connectivity index (χ4v) is 2.83. The van der Waals surface area contributed by atoms with E-state index in [1.54, 1.807) is 0 Å². The predicted octanol–water partition coefficient (Wildman–Crippen LogP) is 4.91. The van der Waals surface area contributed by atoms with Crippen LogP contribution < -0.4 is 0 Å². The van der Waals surface area contributed by atoms with E-state index in [0.29, 0.717) is 17.9 Å². The fourth-order valence-electron chi connectivity index (χ4n) is 2.83. The maximum atomic E-state index is 3.95. The van der Waals surface area contributed by atoms with E-state index >= 15 is 0 Å². The van der Waals surface area contributed by atoms with Crippen molar-refractivity contribution in [2.45, 2.75) is 39.8 Å². The molecule has 0 radical (unpaired) electrons. The van der Waals surface area contributed by atoms with Crippen LogP contribution in [-0.2, 0) is 6.54 Å². The predicted molar refractivity (Wildman–Crippen MR) is 89.7 cm³/mol. The van der Waals surface area contributed by atoms with Crippen LogP contribution in [0.25, 0.3) is 0 Å². The molecule has 0 aromatic heterocycles. The molecule has 0 heterocycles. The van der Waals surface area contributed by atoms with E-state index in [4.69, 9.17) is 0 Å². The van der Waals surface area contributed by atoms with Gasteiger partial charge in [-0.15, -0.1) is 13.2 Å². The van der Waals surface area contributed by atoms with E-state index in [1.165, 1.54) is 5.56 Å². The lowest BCUT2D eigenvalue weighted by atomic mass is 9.86. The summed E-state index contributed by atoms with van der Waals surface area (Å²) in [5, 5.41) is 0. The topological polar surface area (TPSA) is 3.24 Å². The smallest absolute Gasteiger partial charge is 0.0240 e. The molecule has 0 unspecified atom stereocenters. The summed E-state index contributed by atoms with van der Waals surface area (Å²) >= 11 is 0. The Balaban J connectivity index is 2.86. The Morgan fingerprint density at radius 3 is 2.30 bits per heavy atom. The highest BCUT2D eigenvalue weighted by atomic mass is 15.2. The molecule has 0 aliphatic carbocycles. The fraction of sp³-hybridized carbons (Fsp3) is 0.474. The molecule has 110 valence electrons. The molecule has 0 N–H and O–H groups in total. The Bertz CT molecular complexity index is 395. The van der Waals surface area contributed by atoms with E-state index < -0.39 is 0 Å². The Hall–Kier alpha value is -1.34. The van der Waals surface area contributed by atoms with Crippen LogP contribution in [0.15, 0.2) is 55.6 Å². The van der Waals surface area contributed by atoms with Gasteiger partial charge in [-0.3, -0.25) is 4.90 Å². The highest BCUT2D eigenvalue weighted by molar-refractivity contribution is 5.14. The van der Waals surface area contributed by atoms with Crippen LogP contribution in [0, 0.1) is 11.8 Å². The average Bonchev–Trinajstić information content (AvgIpc) is 2.48. The minimum absolute atomic E-state index is 0.531. The van der Waals surface area contributed by atoms with Crippen LogP contribution in [0.4, 0.5) is 0 Å². The van der Waals surface area contributed by atoms with E-state index in [0.717, 1.165) is 19.5 Å². The number of nitrogens with zero attached hydrogens (tertiary/aromatic N) is 1. The monoisotopic (exact) mass is 271 g/mol. The Labute approximate surface area is 125 Å². The standard InChI is InChI=1S/C19H29N/c1-6-14-20(15-18-12-10-9-11-13-18)19(8-3)17(5)16(4)7-2/h6-7,9-13,16-17,19H,1-2,8,14-15H2,3-5H3/t16-,17-,19-/m1/s1. The van der Waals surface area contributed by atoms with Crippen LogP contribution >= 0.6 is 0 Å². The number of benzene rings is 1. The van der Waals surface area contributed by atoms with Gasteiger partial charge in [0.1, 0.15) is 0 Å². The van der Waals surface area contributed by atoms with Gasteiger partial charge < -0.3 is 0 Å². The lowest BCUT2D eigenvalue weighted by Crippen LogP contribution is -2.41. The summed E-state index contributed by atoms with van der Waals surface area (Å²) in [7, 11) is 0. The lowest BCUT2D eigenvalue weighted by molar-refractivity contribution is 0.132. The molecular weight excluding hydrogens is 242 g/mol. The molecule has 20 heavy (non-hydrogen) atoms. The second kappa shape index (κ2) is 8.76. The molecule has 0 fully saturated rings. The normalized spacial score (nSPS) is 15.6. The maximum Gasteiger partial charge on any atom is 0.0240 e. The average molecular weight is 271 g/mol. The minimum Gasteiger partial charge on any atom is -0.292 e. The van der Waals surface area contributed by atoms with E-state index in [1.807, 2.05) is 6.08 Å². The summed E-state index contributed by atoms with van der Waals surface area (Å²) in [6, 6.07) is 11.2. The third-order valence-corrected chi connectivity index (χ3v) is 4.29. The van der Waals surface area contributed by atoms with Crippen molar-refractivity contribution in [3.63, 3.8) is 0 Å². The third kappa shape index (κ3) is 4.64. The highest BCUT2D eigenvalue weighted by Gasteiger charge is 2.25. The van der Waals surface area contributed by atoms with Crippen LogP contribution in [0.1, 0.15) is 32.8 Å². The molecule has 0 aliphatic heterocycles. The van der Waals surface area contributed by atoms with Crippen LogP contribution in [0.2, 0.25) is 0 Å². The van der Waals surface area contributed by atoms with E-state index in [-0.39, 0.29) is 0 Å². The number of hydrogen-bond donors (Lipinski definition) is 0. The Morgan fingerprint density at radius 1 is 1.15 bits per heavy atom. The SMILES string of the molecule is C=CCN(Cc1ccccc1)[C@H](CC)[C@H](C)[C@H](C)C=C. The first-order chi connectivity index (χ1) is 9.63. The molecule has 1 aromatic rings. The summed E-state index contributed by atoms with van der Waals surface area (Å²) in [6.07, 6.45) is 5.23. The molecule has 1 rings (SSSR count). The largest absolute Gasteiger partial charge is 0.292 e. The van der Waals surface area contributed by atoms with Gasteiger partial charge in [-0.2, -0.15) is 0 Å². The highest BCUT2D eigenvalue weighted by Crippen LogP contribution is 2.24. The van der Waals surface area contributed by atoms with Crippen LogP contribution in [-0.4, -0.2) is 17.5 Å². The molecule has 0 spiro atoms. The van der Waals surface area contributed by atoms with E-state index in [2.05, 4.69) is 75.2 Å². The Kier molecular flexibility index (Phi) is 7.32. The third-order valence-electron chi connectivity index (χ3n) is 4.29. The van der Waals surface area contributed by atoms with Crippen LogP contribution in [0.3, 0.4) is 0 Å². The van der Waals surface area contributed by atoms with Gasteiger partial charge in [0.05, 0.1) is 0 Å². The van der Waals surface area contributed by atoms with Gasteiger partial charge in [0.15, 0.2) is 0 Å². The van der Waals surface area contributed by atoms with Gasteiger partial charge >= 0.3 is 0 Å². The van der Waals surface area contributed by atoms with Crippen molar-refractivity contribution in [1.82, 2.24) is 4.90 Å². The summed E-state index contributed by atoms with van der Waals surface area (Å²) in [4.78, 5) is 2.53. The first-order valence-corrected chi connectivity index (χ1v) is 7.65. The molecule has 0 aliphatic rings. The summed E-state index contributed by atoms with van der Waals surface area (Å²) in [5.41, 5.74) is 1.37. The summed E-state index contributed by atoms with van der Waals surface area (Å²) in [5.74, 6) is 1.13. The number of hydrogen-bond acceptors (Lipinski definition) is 1. The molecule has 1 nitrogen and oxygen atoms in total. The van der Waals surface area contributed by atoms with Crippen LogP contribution in [0.5, 0.6) is 0 Å². The Morgan fingerprint density at radius 2 is 1.80 bits per heavy atom. The molecule has 1 heteroatoms. The second-order valence-corrected chi connectivity index (χ2v) is 5.63. The second-order valence-electron chi connectivity index (χ2n) is 5.63. The number of allylic oxidation sites excluding steroid dienone is 1. The molecule has 0 saturated heterocycles. The summed E-state index contributed by atoms with van der Waals surface area (Å²) in [6.45, 7) is 16.7. The van der Waals surface area contributed by atoms with Crippen molar-refractivity contribution in [2.24, 2.45) is 11.8 Å². The van der Waals surface area contributed by atoms with Crippen molar-refractivity contribution in [3.05, 3.63) is 61.2 Å². The molecule has 0 bridgehead atoms. The zero-order valence-electron chi connectivity index (χ0n) is 13.3. The molecule has 0 amide bonds. The number of rotatable bonds is 9. The first kappa shape index (κ1) is 16.7. The van der Waals surface area contributed by atoms with Crippen molar-refractivity contribution >= 4 is 0 Å². The molecule has 0 saturated carbocycles. The molecular formula is C19H29N. The van der Waals surface area contributed by atoms with Gasteiger partial charge in [-0.1, -0.05) is 63.3 Å². The van der Waals surface area contributed by atoms with Crippen molar-refractivity contribution in [1.29, 1.82) is 0 Å². The van der Waals surface area contributed by atoms with Crippen molar-refractivity contribution in [2.75, 3.05) is 6.54 Å². The molecule has 1 aromatic carbocycles. The van der Waals surface area contributed by atoms with Gasteiger partial charge in [-0.25, -0.2) is 0 Å². The quantitative estimate of drug-likeness (QED) is 0.577. The van der Waals surface area contributed by atoms with Crippen molar-refractivity contribution < 1.29 is 0 Å². The van der Waals surface area contributed by atoms with Crippen molar-refractivity contribution in [3.8, 4) is 0 Å². The zero-order chi connectivity index (χ0) is 15.0.